The zero-order valence-corrected chi connectivity index (χ0v) is 16.3. The fraction of sp³-hybridized carbons (Fsp3) is 0. The molecule has 4 aromatic rings. The summed E-state index contributed by atoms with van der Waals surface area (Å²) in [5, 5.41) is 1.42. The van der Waals surface area contributed by atoms with Crippen molar-refractivity contribution in [1.82, 2.24) is 14.5 Å². The molecule has 0 saturated heterocycles. The molecule has 0 bridgehead atoms. The van der Waals surface area contributed by atoms with Crippen molar-refractivity contribution in [3.63, 3.8) is 0 Å². The summed E-state index contributed by atoms with van der Waals surface area (Å²) in [5.74, 6) is 0.864. The van der Waals surface area contributed by atoms with Gasteiger partial charge < -0.3 is 0 Å². The Bertz CT molecular complexity index is 1190. The van der Waals surface area contributed by atoms with Gasteiger partial charge >= 0.3 is 0 Å². The molecule has 128 valence electrons. The van der Waals surface area contributed by atoms with E-state index < -0.39 is 0 Å². The van der Waals surface area contributed by atoms with Gasteiger partial charge in [0.1, 0.15) is 5.82 Å². The van der Waals surface area contributed by atoms with E-state index in [9.17, 15) is 4.79 Å². The van der Waals surface area contributed by atoms with E-state index in [-0.39, 0.29) is 5.56 Å². The molecule has 0 saturated carbocycles. The lowest BCUT2D eigenvalue weighted by Crippen LogP contribution is -2.22. The van der Waals surface area contributed by atoms with Crippen LogP contribution < -0.4 is 5.56 Å². The average Bonchev–Trinajstić information content (AvgIpc) is 2.63. The summed E-state index contributed by atoms with van der Waals surface area (Å²) in [6, 6.07) is 15.8. The quantitative estimate of drug-likeness (QED) is 0.407. The number of pyridine rings is 1. The van der Waals surface area contributed by atoms with Gasteiger partial charge in [0.2, 0.25) is 0 Å². The van der Waals surface area contributed by atoms with Crippen molar-refractivity contribution in [2.75, 3.05) is 0 Å². The third-order valence-corrected chi connectivity index (χ3v) is 4.91. The van der Waals surface area contributed by atoms with Gasteiger partial charge in [0.05, 0.1) is 15.9 Å². The maximum Gasteiger partial charge on any atom is 0.267 e. The highest BCUT2D eigenvalue weighted by Gasteiger charge is 2.17. The third kappa shape index (κ3) is 3.03. The van der Waals surface area contributed by atoms with Crippen molar-refractivity contribution >= 4 is 50.0 Å². The fourth-order valence-electron chi connectivity index (χ4n) is 2.70. The van der Waals surface area contributed by atoms with Crippen LogP contribution in [0.25, 0.3) is 28.1 Å². The van der Waals surface area contributed by atoms with Crippen LogP contribution in [0.3, 0.4) is 0 Å². The van der Waals surface area contributed by atoms with E-state index in [1.807, 2.05) is 12.1 Å². The van der Waals surface area contributed by atoms with Crippen molar-refractivity contribution in [2.45, 2.75) is 0 Å². The molecule has 0 spiro atoms. The summed E-state index contributed by atoms with van der Waals surface area (Å²) in [6.07, 6.45) is 1.63. The normalized spacial score (nSPS) is 11.0. The van der Waals surface area contributed by atoms with Gasteiger partial charge in [-0.2, -0.15) is 0 Å². The Balaban J connectivity index is 2.12. The van der Waals surface area contributed by atoms with Crippen molar-refractivity contribution in [2.24, 2.45) is 0 Å². The SMILES string of the molecule is O=c1c2ccccc2nc(-c2ccc(Cl)cc2Cl)n1-c1ccc(Br)cn1. The number of benzene rings is 2. The summed E-state index contributed by atoms with van der Waals surface area (Å²) in [4.78, 5) is 22.2. The van der Waals surface area contributed by atoms with E-state index in [4.69, 9.17) is 23.2 Å². The molecule has 2 heterocycles. The maximum atomic E-state index is 13.2. The van der Waals surface area contributed by atoms with Gasteiger partial charge in [0.25, 0.3) is 5.56 Å². The molecular formula is C19H10BrCl2N3O. The monoisotopic (exact) mass is 445 g/mol. The molecule has 2 aromatic heterocycles. The standard InChI is InChI=1S/C19H10BrCl2N3O/c20-11-5-8-17(23-10-11)25-18(13-7-6-12(21)9-15(13)22)24-16-4-2-1-3-14(16)19(25)26/h1-10H. The molecular weight excluding hydrogens is 437 g/mol. The maximum absolute atomic E-state index is 13.2. The second-order valence-corrected chi connectivity index (χ2v) is 7.31. The van der Waals surface area contributed by atoms with E-state index >= 15 is 0 Å². The van der Waals surface area contributed by atoms with Crippen molar-refractivity contribution in [3.05, 3.63) is 85.7 Å². The third-order valence-electron chi connectivity index (χ3n) is 3.89. The molecule has 7 heteroatoms. The molecule has 2 aromatic carbocycles. The average molecular weight is 447 g/mol. The fourth-order valence-corrected chi connectivity index (χ4v) is 3.42. The van der Waals surface area contributed by atoms with Gasteiger partial charge in [-0.1, -0.05) is 35.3 Å². The Morgan fingerprint density at radius 3 is 2.54 bits per heavy atom. The predicted octanol–water partition coefficient (Wildman–Crippen LogP) is 5.52. The molecule has 4 nitrogen and oxygen atoms in total. The van der Waals surface area contributed by atoms with E-state index in [1.54, 1.807) is 48.7 Å². The predicted molar refractivity (Wildman–Crippen MR) is 108 cm³/mol. The van der Waals surface area contributed by atoms with E-state index in [2.05, 4.69) is 25.9 Å². The van der Waals surface area contributed by atoms with Crippen LogP contribution in [0, 0.1) is 0 Å². The first-order chi connectivity index (χ1) is 12.5. The highest BCUT2D eigenvalue weighted by Crippen LogP contribution is 2.30. The number of rotatable bonds is 2. The molecule has 0 aliphatic heterocycles. The Morgan fingerprint density at radius 1 is 1.00 bits per heavy atom. The first kappa shape index (κ1) is 17.2. The van der Waals surface area contributed by atoms with Gasteiger partial charge in [-0.25, -0.2) is 14.5 Å². The largest absolute Gasteiger partial charge is 0.268 e. The summed E-state index contributed by atoms with van der Waals surface area (Å²) in [7, 11) is 0. The highest BCUT2D eigenvalue weighted by molar-refractivity contribution is 9.10. The molecule has 0 radical (unpaired) electrons. The smallest absolute Gasteiger partial charge is 0.267 e. The summed E-state index contributed by atoms with van der Waals surface area (Å²) in [5.41, 5.74) is 0.974. The number of para-hydroxylation sites is 1. The lowest BCUT2D eigenvalue weighted by Gasteiger charge is -2.14. The minimum atomic E-state index is -0.216. The molecule has 26 heavy (non-hydrogen) atoms. The van der Waals surface area contributed by atoms with E-state index in [0.29, 0.717) is 38.2 Å². The number of halogens is 3. The summed E-state index contributed by atoms with van der Waals surface area (Å²) >= 11 is 15.8. The van der Waals surface area contributed by atoms with Gasteiger partial charge in [-0.3, -0.25) is 4.79 Å². The highest BCUT2D eigenvalue weighted by atomic mass is 79.9. The molecule has 4 rings (SSSR count). The Kier molecular flexibility index (Phi) is 4.53. The molecule has 0 fully saturated rings. The van der Waals surface area contributed by atoms with Gasteiger partial charge in [0, 0.05) is 21.3 Å². The second-order valence-electron chi connectivity index (χ2n) is 5.55. The molecule has 0 aliphatic rings. The lowest BCUT2D eigenvalue weighted by atomic mass is 10.1. The van der Waals surface area contributed by atoms with Crippen LogP contribution >= 0.6 is 39.1 Å². The number of hydrogen-bond acceptors (Lipinski definition) is 3. The number of aromatic nitrogens is 3. The topological polar surface area (TPSA) is 47.8 Å². The molecule has 0 amide bonds. The van der Waals surface area contributed by atoms with Gasteiger partial charge in [-0.15, -0.1) is 0 Å². The van der Waals surface area contributed by atoms with Crippen molar-refractivity contribution < 1.29 is 0 Å². The molecule has 0 atom stereocenters. The Labute approximate surface area is 167 Å². The Hall–Kier alpha value is -2.21. The molecule has 0 aliphatic carbocycles. The zero-order valence-electron chi connectivity index (χ0n) is 13.2. The minimum Gasteiger partial charge on any atom is -0.268 e. The first-order valence-electron chi connectivity index (χ1n) is 7.64. The van der Waals surface area contributed by atoms with Crippen LogP contribution in [-0.4, -0.2) is 14.5 Å². The van der Waals surface area contributed by atoms with Crippen LogP contribution in [-0.2, 0) is 0 Å². The second kappa shape index (κ2) is 6.83. The molecule has 0 unspecified atom stereocenters. The van der Waals surface area contributed by atoms with E-state index in [1.165, 1.54) is 4.57 Å². The van der Waals surface area contributed by atoms with Crippen molar-refractivity contribution in [1.29, 1.82) is 0 Å². The Morgan fingerprint density at radius 2 is 1.81 bits per heavy atom. The minimum absolute atomic E-state index is 0.216. The summed E-state index contributed by atoms with van der Waals surface area (Å²) in [6.45, 7) is 0. The number of hydrogen-bond donors (Lipinski definition) is 0. The lowest BCUT2D eigenvalue weighted by molar-refractivity contribution is 0.931. The van der Waals surface area contributed by atoms with Gasteiger partial charge in [-0.05, 0) is 58.4 Å². The van der Waals surface area contributed by atoms with Crippen LogP contribution in [0.2, 0.25) is 10.0 Å². The zero-order chi connectivity index (χ0) is 18.3. The van der Waals surface area contributed by atoms with Crippen LogP contribution in [0.5, 0.6) is 0 Å². The van der Waals surface area contributed by atoms with E-state index in [0.717, 1.165) is 4.47 Å². The summed E-state index contributed by atoms with van der Waals surface area (Å²) < 4.78 is 2.28. The van der Waals surface area contributed by atoms with Crippen molar-refractivity contribution in [3.8, 4) is 17.2 Å². The number of fused-ring (bicyclic) bond motifs is 1. The van der Waals surface area contributed by atoms with Gasteiger partial charge in [0.15, 0.2) is 5.82 Å². The van der Waals surface area contributed by atoms with Crippen LogP contribution in [0.15, 0.2) is 70.1 Å². The number of nitrogens with zero attached hydrogens (tertiary/aromatic N) is 3. The van der Waals surface area contributed by atoms with Crippen LogP contribution in [0.1, 0.15) is 0 Å². The first-order valence-corrected chi connectivity index (χ1v) is 9.18. The van der Waals surface area contributed by atoms with Crippen LogP contribution in [0.4, 0.5) is 0 Å². The molecule has 0 N–H and O–H groups in total.